The van der Waals surface area contributed by atoms with Gasteiger partial charge in [0.2, 0.25) is 5.91 Å². The van der Waals surface area contributed by atoms with E-state index in [0.29, 0.717) is 6.54 Å². The van der Waals surface area contributed by atoms with Crippen LogP contribution in [0.25, 0.3) is 0 Å². The molecule has 1 saturated heterocycles. The maximum absolute atomic E-state index is 11.8. The molecule has 0 saturated carbocycles. The van der Waals surface area contributed by atoms with Crippen molar-refractivity contribution >= 4 is 29.0 Å². The predicted molar refractivity (Wildman–Crippen MR) is 80.0 cm³/mol. The molecule has 0 radical (unpaired) electrons. The van der Waals surface area contributed by atoms with E-state index in [9.17, 15) is 9.59 Å². The molecule has 2 rings (SSSR count). The molecule has 6 nitrogen and oxygen atoms in total. The fourth-order valence-electron chi connectivity index (χ4n) is 2.21. The second-order valence-electron chi connectivity index (χ2n) is 4.83. The first-order valence-corrected chi connectivity index (χ1v) is 7.64. The summed E-state index contributed by atoms with van der Waals surface area (Å²) in [6.45, 7) is 2.10. The van der Waals surface area contributed by atoms with Crippen LogP contribution < -0.4 is 16.0 Å². The standard InChI is InChI=1S/C13H20N4O2S/c1-14-12(18)8-17-5-2-10(3-6-17)15-13(19)16-11-4-7-20-9-11/h4,7,9-10H,2-3,5-6,8H2,1H3,(H,14,18)(H2,15,16,19). The van der Waals surface area contributed by atoms with Gasteiger partial charge in [0.25, 0.3) is 0 Å². The van der Waals surface area contributed by atoms with Gasteiger partial charge >= 0.3 is 6.03 Å². The van der Waals surface area contributed by atoms with E-state index >= 15 is 0 Å². The highest BCUT2D eigenvalue weighted by atomic mass is 32.1. The summed E-state index contributed by atoms with van der Waals surface area (Å²) in [4.78, 5) is 25.2. The number of carbonyl (C=O) groups excluding carboxylic acids is 2. The average molecular weight is 296 g/mol. The molecule has 110 valence electrons. The Kier molecular flexibility index (Phi) is 5.37. The monoisotopic (exact) mass is 296 g/mol. The van der Waals surface area contributed by atoms with Crippen molar-refractivity contribution in [2.24, 2.45) is 0 Å². The number of nitrogens with one attached hydrogen (secondary N) is 3. The van der Waals surface area contributed by atoms with Crippen molar-refractivity contribution in [1.29, 1.82) is 0 Å². The smallest absolute Gasteiger partial charge is 0.319 e. The Balaban J connectivity index is 1.69. The van der Waals surface area contributed by atoms with Crippen molar-refractivity contribution in [1.82, 2.24) is 15.5 Å². The molecule has 1 aromatic rings. The molecule has 1 aliphatic rings. The molecule has 3 N–H and O–H groups in total. The van der Waals surface area contributed by atoms with Gasteiger partial charge in [-0.25, -0.2) is 4.79 Å². The highest BCUT2D eigenvalue weighted by Gasteiger charge is 2.21. The molecule has 1 aromatic heterocycles. The quantitative estimate of drug-likeness (QED) is 0.778. The molecule has 0 spiro atoms. The van der Waals surface area contributed by atoms with Crippen LogP contribution in [0.5, 0.6) is 0 Å². The van der Waals surface area contributed by atoms with Gasteiger partial charge in [0.05, 0.1) is 12.2 Å². The van der Waals surface area contributed by atoms with Crippen LogP contribution in [0.1, 0.15) is 12.8 Å². The molecule has 0 bridgehead atoms. The third-order valence-electron chi connectivity index (χ3n) is 3.35. The largest absolute Gasteiger partial charge is 0.358 e. The number of thiophene rings is 1. The number of carbonyl (C=O) groups is 2. The fraction of sp³-hybridized carbons (Fsp3) is 0.538. The Bertz CT molecular complexity index is 441. The summed E-state index contributed by atoms with van der Waals surface area (Å²) in [5, 5.41) is 12.2. The van der Waals surface area contributed by atoms with Gasteiger partial charge in [0.15, 0.2) is 0 Å². The zero-order valence-electron chi connectivity index (χ0n) is 11.5. The van der Waals surface area contributed by atoms with Crippen LogP contribution in [0.4, 0.5) is 10.5 Å². The Hall–Kier alpha value is -1.60. The van der Waals surface area contributed by atoms with Gasteiger partial charge in [0, 0.05) is 31.6 Å². The molecule has 20 heavy (non-hydrogen) atoms. The van der Waals surface area contributed by atoms with Crippen molar-refractivity contribution < 1.29 is 9.59 Å². The lowest BCUT2D eigenvalue weighted by Crippen LogP contribution is -2.47. The van der Waals surface area contributed by atoms with Crippen LogP contribution >= 0.6 is 11.3 Å². The molecule has 1 aliphatic heterocycles. The van der Waals surface area contributed by atoms with Crippen molar-refractivity contribution in [2.75, 3.05) is 32.0 Å². The van der Waals surface area contributed by atoms with E-state index in [1.165, 1.54) is 0 Å². The second-order valence-corrected chi connectivity index (χ2v) is 5.61. The summed E-state index contributed by atoms with van der Waals surface area (Å²) in [5.41, 5.74) is 0.824. The highest BCUT2D eigenvalue weighted by Crippen LogP contribution is 2.13. The van der Waals surface area contributed by atoms with Gasteiger partial charge in [-0.05, 0) is 24.3 Å². The van der Waals surface area contributed by atoms with E-state index in [-0.39, 0.29) is 18.0 Å². The summed E-state index contributed by atoms with van der Waals surface area (Å²) >= 11 is 1.55. The molecule has 0 aromatic carbocycles. The number of urea groups is 1. The summed E-state index contributed by atoms with van der Waals surface area (Å²) in [6.07, 6.45) is 1.74. The number of piperidine rings is 1. The Labute approximate surface area is 122 Å². The second kappa shape index (κ2) is 7.25. The molecule has 3 amide bonds. The Morgan fingerprint density at radius 2 is 2.15 bits per heavy atom. The summed E-state index contributed by atoms with van der Waals surface area (Å²) in [6, 6.07) is 1.89. The van der Waals surface area contributed by atoms with Crippen LogP contribution in [0, 0.1) is 0 Å². The Morgan fingerprint density at radius 3 is 2.75 bits per heavy atom. The zero-order chi connectivity index (χ0) is 14.4. The first-order valence-electron chi connectivity index (χ1n) is 6.70. The molecule has 0 atom stereocenters. The van der Waals surface area contributed by atoms with Crippen LogP contribution in [0.2, 0.25) is 0 Å². The topological polar surface area (TPSA) is 73.5 Å². The van der Waals surface area contributed by atoms with Gasteiger partial charge in [-0.1, -0.05) is 0 Å². The molecular formula is C13H20N4O2S. The lowest BCUT2D eigenvalue weighted by molar-refractivity contribution is -0.122. The van der Waals surface area contributed by atoms with Crippen LogP contribution in [0.15, 0.2) is 16.8 Å². The van der Waals surface area contributed by atoms with E-state index in [4.69, 9.17) is 0 Å². The molecular weight excluding hydrogens is 276 g/mol. The maximum Gasteiger partial charge on any atom is 0.319 e. The summed E-state index contributed by atoms with van der Waals surface area (Å²) < 4.78 is 0. The van der Waals surface area contributed by atoms with E-state index in [0.717, 1.165) is 31.6 Å². The van der Waals surface area contributed by atoms with Crippen molar-refractivity contribution in [3.05, 3.63) is 16.8 Å². The van der Waals surface area contributed by atoms with Crippen molar-refractivity contribution in [3.63, 3.8) is 0 Å². The molecule has 0 aliphatic carbocycles. The lowest BCUT2D eigenvalue weighted by Gasteiger charge is -2.31. The number of hydrogen-bond donors (Lipinski definition) is 3. The van der Waals surface area contributed by atoms with Gasteiger partial charge in [0.1, 0.15) is 0 Å². The number of rotatable bonds is 4. The van der Waals surface area contributed by atoms with E-state index in [1.54, 1.807) is 18.4 Å². The molecule has 0 unspecified atom stereocenters. The summed E-state index contributed by atoms with van der Waals surface area (Å²) in [5.74, 6) is 0.0339. The van der Waals surface area contributed by atoms with Crippen molar-refractivity contribution in [3.8, 4) is 0 Å². The number of likely N-dealkylation sites (tertiary alicyclic amines) is 1. The van der Waals surface area contributed by atoms with Gasteiger partial charge in [-0.3, -0.25) is 9.69 Å². The lowest BCUT2D eigenvalue weighted by atomic mass is 10.1. The van der Waals surface area contributed by atoms with E-state index in [1.807, 2.05) is 16.8 Å². The third kappa shape index (κ3) is 4.50. The van der Waals surface area contributed by atoms with E-state index in [2.05, 4.69) is 20.9 Å². The Morgan fingerprint density at radius 1 is 1.40 bits per heavy atom. The fourth-order valence-corrected chi connectivity index (χ4v) is 2.79. The molecule has 1 fully saturated rings. The first kappa shape index (κ1) is 14.8. The number of hydrogen-bond acceptors (Lipinski definition) is 4. The maximum atomic E-state index is 11.8. The van der Waals surface area contributed by atoms with Gasteiger partial charge < -0.3 is 16.0 Å². The number of nitrogens with zero attached hydrogens (tertiary/aromatic N) is 1. The van der Waals surface area contributed by atoms with E-state index < -0.39 is 0 Å². The number of likely N-dealkylation sites (N-methyl/N-ethyl adjacent to an activating group) is 1. The van der Waals surface area contributed by atoms with Gasteiger partial charge in [-0.2, -0.15) is 11.3 Å². The minimum absolute atomic E-state index is 0.0339. The van der Waals surface area contributed by atoms with Gasteiger partial charge in [-0.15, -0.1) is 0 Å². The van der Waals surface area contributed by atoms with Crippen molar-refractivity contribution in [2.45, 2.75) is 18.9 Å². The predicted octanol–water partition coefficient (Wildman–Crippen LogP) is 1.08. The minimum Gasteiger partial charge on any atom is -0.358 e. The molecule has 2 heterocycles. The third-order valence-corrected chi connectivity index (χ3v) is 4.03. The minimum atomic E-state index is -0.159. The number of anilines is 1. The number of amides is 3. The SMILES string of the molecule is CNC(=O)CN1CCC(NC(=O)Nc2ccsc2)CC1. The zero-order valence-corrected chi connectivity index (χ0v) is 12.3. The highest BCUT2D eigenvalue weighted by molar-refractivity contribution is 7.08. The van der Waals surface area contributed by atoms with Crippen LogP contribution in [-0.4, -0.2) is 49.6 Å². The average Bonchev–Trinajstić information content (AvgIpc) is 2.93. The summed E-state index contributed by atoms with van der Waals surface area (Å²) in [7, 11) is 1.64. The normalized spacial score (nSPS) is 16.6. The van der Waals surface area contributed by atoms with Crippen LogP contribution in [-0.2, 0) is 4.79 Å². The molecule has 7 heteroatoms. The van der Waals surface area contributed by atoms with Crippen LogP contribution in [0.3, 0.4) is 0 Å². The first-order chi connectivity index (χ1) is 9.67.